The third-order valence-electron chi connectivity index (χ3n) is 4.57. The number of fused-ring (bicyclic) bond motifs is 1. The van der Waals surface area contributed by atoms with E-state index >= 15 is 0 Å². The molecule has 1 aromatic heterocycles. The molecule has 0 saturated carbocycles. The van der Waals surface area contributed by atoms with E-state index in [1.54, 1.807) is 28.8 Å². The predicted molar refractivity (Wildman–Crippen MR) is 123 cm³/mol. The number of hydrogen-bond acceptors (Lipinski definition) is 6. The Hall–Kier alpha value is -2.91. The fourth-order valence-corrected chi connectivity index (χ4v) is 4.05. The van der Waals surface area contributed by atoms with Crippen molar-refractivity contribution in [2.24, 2.45) is 0 Å². The number of hydrogen-bond donors (Lipinski definition) is 1. The molecule has 3 aromatic rings. The molecule has 0 spiro atoms. The number of thioether (sulfide) groups is 1. The summed E-state index contributed by atoms with van der Waals surface area (Å²) in [5.41, 5.74) is 0.220. The molecule has 0 fully saturated rings. The third kappa shape index (κ3) is 5.62. The fourth-order valence-electron chi connectivity index (χ4n) is 3.06. The number of para-hydroxylation sites is 2. The monoisotopic (exact) mass is 460 g/mol. The minimum absolute atomic E-state index is 0.0572. The first-order chi connectivity index (χ1) is 14.9. The number of benzene rings is 2. The number of aromatic nitrogens is 2. The number of unbranched alkanes of at least 4 members (excludes halogenated alkanes) is 2. The molecule has 0 aliphatic heterocycles. The highest BCUT2D eigenvalue weighted by Gasteiger charge is 2.17. The molecule has 3 rings (SSSR count). The summed E-state index contributed by atoms with van der Waals surface area (Å²) < 4.78 is 1.58. The fraction of sp³-hybridized carbons (Fsp3) is 0.286. The lowest BCUT2D eigenvalue weighted by Gasteiger charge is -2.13. The van der Waals surface area contributed by atoms with E-state index in [-0.39, 0.29) is 22.7 Å². The molecule has 1 amide bonds. The zero-order chi connectivity index (χ0) is 22.4. The number of halogens is 1. The van der Waals surface area contributed by atoms with Gasteiger partial charge in [0.2, 0.25) is 5.91 Å². The predicted octanol–water partition coefficient (Wildman–Crippen LogP) is 4.88. The second-order valence-electron chi connectivity index (χ2n) is 6.83. The molecular weight excluding hydrogens is 440 g/mol. The largest absolute Gasteiger partial charge is 0.320 e. The number of amides is 1. The van der Waals surface area contributed by atoms with Gasteiger partial charge in [-0.1, -0.05) is 55.3 Å². The molecule has 2 aromatic carbocycles. The van der Waals surface area contributed by atoms with Crippen LogP contribution in [-0.2, 0) is 11.3 Å². The van der Waals surface area contributed by atoms with Gasteiger partial charge < -0.3 is 5.32 Å². The zero-order valence-electron chi connectivity index (χ0n) is 16.8. The Morgan fingerprint density at radius 2 is 2.03 bits per heavy atom. The van der Waals surface area contributed by atoms with E-state index in [0.29, 0.717) is 27.6 Å². The van der Waals surface area contributed by atoms with Crippen LogP contribution in [0.25, 0.3) is 10.9 Å². The quantitative estimate of drug-likeness (QED) is 0.160. The average Bonchev–Trinajstić information content (AvgIpc) is 2.74. The number of rotatable bonds is 9. The molecule has 31 heavy (non-hydrogen) atoms. The van der Waals surface area contributed by atoms with Gasteiger partial charge >= 0.3 is 0 Å². The van der Waals surface area contributed by atoms with E-state index in [0.717, 1.165) is 31.0 Å². The van der Waals surface area contributed by atoms with Crippen molar-refractivity contribution >= 4 is 51.5 Å². The van der Waals surface area contributed by atoms with Crippen LogP contribution in [0.5, 0.6) is 0 Å². The van der Waals surface area contributed by atoms with Crippen molar-refractivity contribution in [2.75, 3.05) is 11.1 Å². The second kappa shape index (κ2) is 10.4. The summed E-state index contributed by atoms with van der Waals surface area (Å²) in [7, 11) is 0. The molecule has 10 heteroatoms. The van der Waals surface area contributed by atoms with Crippen molar-refractivity contribution < 1.29 is 9.72 Å². The number of nitrogens with one attached hydrogen (secondary N) is 1. The molecule has 0 saturated heterocycles. The summed E-state index contributed by atoms with van der Waals surface area (Å²) in [6.07, 6.45) is 2.78. The number of nitro groups is 1. The van der Waals surface area contributed by atoms with E-state index in [4.69, 9.17) is 11.6 Å². The van der Waals surface area contributed by atoms with Crippen LogP contribution in [0.2, 0.25) is 5.02 Å². The van der Waals surface area contributed by atoms with E-state index in [9.17, 15) is 19.7 Å². The van der Waals surface area contributed by atoms with Gasteiger partial charge in [0.25, 0.3) is 11.2 Å². The number of carbonyl (C=O) groups excluding carboxylic acids is 1. The van der Waals surface area contributed by atoms with Gasteiger partial charge in [0.05, 0.1) is 21.6 Å². The molecule has 0 bridgehead atoms. The van der Waals surface area contributed by atoms with Crippen molar-refractivity contribution in [3.8, 4) is 0 Å². The molecule has 0 aliphatic rings. The smallest absolute Gasteiger partial charge is 0.292 e. The minimum atomic E-state index is -0.553. The topological polar surface area (TPSA) is 107 Å². The molecule has 0 aliphatic carbocycles. The van der Waals surface area contributed by atoms with Crippen LogP contribution in [0, 0.1) is 10.1 Å². The zero-order valence-corrected chi connectivity index (χ0v) is 18.4. The van der Waals surface area contributed by atoms with Crippen LogP contribution in [0.15, 0.2) is 52.4 Å². The van der Waals surface area contributed by atoms with Crippen LogP contribution in [0.4, 0.5) is 11.4 Å². The second-order valence-corrected chi connectivity index (χ2v) is 8.21. The van der Waals surface area contributed by atoms with E-state index in [1.165, 1.54) is 18.2 Å². The van der Waals surface area contributed by atoms with Gasteiger partial charge in [-0.05, 0) is 30.7 Å². The molecule has 1 N–H and O–H groups in total. The lowest BCUT2D eigenvalue weighted by molar-refractivity contribution is -0.383. The van der Waals surface area contributed by atoms with Crippen molar-refractivity contribution in [2.45, 2.75) is 37.9 Å². The Labute approximate surface area is 187 Å². The Balaban J connectivity index is 1.84. The molecule has 0 radical (unpaired) electrons. The molecule has 8 nitrogen and oxygen atoms in total. The maximum absolute atomic E-state index is 13.0. The molecule has 1 heterocycles. The molecule has 0 unspecified atom stereocenters. The van der Waals surface area contributed by atoms with Gasteiger partial charge in [-0.2, -0.15) is 0 Å². The third-order valence-corrected chi connectivity index (χ3v) is 5.79. The van der Waals surface area contributed by atoms with Crippen LogP contribution in [0.3, 0.4) is 0 Å². The number of carbonyl (C=O) groups is 1. The van der Waals surface area contributed by atoms with Crippen LogP contribution >= 0.6 is 23.4 Å². The summed E-state index contributed by atoms with van der Waals surface area (Å²) >= 11 is 7.16. The van der Waals surface area contributed by atoms with Gasteiger partial charge in [0.15, 0.2) is 5.16 Å². The van der Waals surface area contributed by atoms with Crippen LogP contribution in [0.1, 0.15) is 26.2 Å². The summed E-state index contributed by atoms with van der Waals surface area (Å²) in [5, 5.41) is 15.0. The van der Waals surface area contributed by atoms with Crippen LogP contribution in [-0.4, -0.2) is 26.1 Å². The van der Waals surface area contributed by atoms with E-state index < -0.39 is 10.8 Å². The number of nitro benzene ring substituents is 1. The van der Waals surface area contributed by atoms with Gasteiger partial charge in [0.1, 0.15) is 5.69 Å². The Bertz CT molecular complexity index is 1180. The normalized spacial score (nSPS) is 10.9. The van der Waals surface area contributed by atoms with Gasteiger partial charge in [-0.25, -0.2) is 4.98 Å². The maximum atomic E-state index is 13.0. The maximum Gasteiger partial charge on any atom is 0.292 e. The number of nitrogens with zero attached hydrogens (tertiary/aromatic N) is 3. The first-order valence-electron chi connectivity index (χ1n) is 9.77. The first kappa shape index (κ1) is 22.8. The highest BCUT2D eigenvalue weighted by Crippen LogP contribution is 2.25. The number of anilines is 1. The summed E-state index contributed by atoms with van der Waals surface area (Å²) in [5.74, 6) is -0.488. The SMILES string of the molecule is CCCCCn1c(SCC(=O)Nc2ccccc2[N+](=O)[O-])nc2cc(Cl)ccc2c1=O. The van der Waals surface area contributed by atoms with Crippen molar-refractivity contribution in [1.29, 1.82) is 0 Å². The minimum Gasteiger partial charge on any atom is -0.320 e. The van der Waals surface area contributed by atoms with Crippen molar-refractivity contribution in [3.05, 3.63) is 68.0 Å². The van der Waals surface area contributed by atoms with Crippen molar-refractivity contribution in [1.82, 2.24) is 9.55 Å². The summed E-state index contributed by atoms with van der Waals surface area (Å²) in [4.78, 5) is 40.6. The standard InChI is InChI=1S/C21H21ClN4O4S/c1-2-3-6-11-25-20(28)15-10-9-14(22)12-17(15)24-21(25)31-13-19(27)23-16-7-4-5-8-18(16)26(29)30/h4-5,7-10,12H,2-3,6,11,13H2,1H3,(H,23,27). The van der Waals surface area contributed by atoms with Crippen LogP contribution < -0.4 is 10.9 Å². The first-order valence-corrected chi connectivity index (χ1v) is 11.1. The van der Waals surface area contributed by atoms with Gasteiger partial charge in [-0.3, -0.25) is 24.3 Å². The summed E-state index contributed by atoms with van der Waals surface area (Å²) in [6.45, 7) is 2.57. The highest BCUT2D eigenvalue weighted by molar-refractivity contribution is 7.99. The molecular formula is C21H21ClN4O4S. The lowest BCUT2D eigenvalue weighted by Crippen LogP contribution is -2.24. The van der Waals surface area contributed by atoms with Gasteiger partial charge in [0, 0.05) is 17.6 Å². The Morgan fingerprint density at radius 1 is 1.26 bits per heavy atom. The molecule has 0 atom stereocenters. The summed E-state index contributed by atoms with van der Waals surface area (Å²) in [6, 6.07) is 10.8. The average molecular weight is 461 g/mol. The highest BCUT2D eigenvalue weighted by atomic mass is 35.5. The van der Waals surface area contributed by atoms with E-state index in [1.807, 2.05) is 0 Å². The molecule has 162 valence electrons. The van der Waals surface area contributed by atoms with E-state index in [2.05, 4.69) is 17.2 Å². The van der Waals surface area contributed by atoms with Gasteiger partial charge in [-0.15, -0.1) is 0 Å². The van der Waals surface area contributed by atoms with Crippen molar-refractivity contribution in [3.63, 3.8) is 0 Å². The Kier molecular flexibility index (Phi) is 7.64. The lowest BCUT2D eigenvalue weighted by atomic mass is 10.2. The Morgan fingerprint density at radius 3 is 2.77 bits per heavy atom.